The highest BCUT2D eigenvalue weighted by molar-refractivity contribution is 5.93. The van der Waals surface area contributed by atoms with Gasteiger partial charge in [-0.2, -0.15) is 0 Å². The normalized spacial score (nSPS) is 21.6. The maximum atomic E-state index is 10.9. The molecule has 0 spiro atoms. The molecule has 0 unspecified atom stereocenters. The van der Waals surface area contributed by atoms with E-state index >= 15 is 0 Å². The first-order valence-corrected chi connectivity index (χ1v) is 3.59. The summed E-state index contributed by atoms with van der Waals surface area (Å²) >= 11 is 0. The van der Waals surface area contributed by atoms with Gasteiger partial charge in [0.2, 0.25) is 0 Å². The Morgan fingerprint density at radius 1 is 1.27 bits per heavy atom. The highest BCUT2D eigenvalue weighted by atomic mass is 16.5. The van der Waals surface area contributed by atoms with Crippen LogP contribution in [0.2, 0.25) is 0 Å². The second-order valence-corrected chi connectivity index (χ2v) is 2.57. The van der Waals surface area contributed by atoms with Crippen LogP contribution in [0.15, 0.2) is 35.6 Å². The molecule has 0 fully saturated rings. The molecule has 0 N–H and O–H groups in total. The van der Waals surface area contributed by atoms with Gasteiger partial charge in [0, 0.05) is 5.57 Å². The van der Waals surface area contributed by atoms with Crippen LogP contribution in [0, 0.1) is 0 Å². The van der Waals surface area contributed by atoms with Gasteiger partial charge in [-0.25, -0.2) is 0 Å². The Bertz CT molecular complexity index is 282. The molecule has 1 aliphatic carbocycles. The van der Waals surface area contributed by atoms with Crippen molar-refractivity contribution in [2.24, 2.45) is 0 Å². The Morgan fingerprint density at radius 2 is 2.18 bits per heavy atom. The number of ketones is 1. The van der Waals surface area contributed by atoms with E-state index in [9.17, 15) is 4.79 Å². The summed E-state index contributed by atoms with van der Waals surface area (Å²) in [6.45, 7) is 0.597. The van der Waals surface area contributed by atoms with Crippen LogP contribution in [0.3, 0.4) is 0 Å². The van der Waals surface area contributed by atoms with E-state index in [0.29, 0.717) is 13.0 Å². The molecular weight excluding hydrogens is 140 g/mol. The van der Waals surface area contributed by atoms with Crippen LogP contribution >= 0.6 is 0 Å². The lowest BCUT2D eigenvalue weighted by molar-refractivity contribution is -0.114. The maximum absolute atomic E-state index is 10.9. The molecule has 0 saturated carbocycles. The van der Waals surface area contributed by atoms with Gasteiger partial charge in [-0.1, -0.05) is 6.08 Å². The van der Waals surface area contributed by atoms with Gasteiger partial charge in [0.25, 0.3) is 0 Å². The van der Waals surface area contributed by atoms with Gasteiger partial charge in [0.05, 0.1) is 6.42 Å². The fraction of sp³-hybridized carbons (Fsp3) is 0.222. The zero-order valence-electron chi connectivity index (χ0n) is 6.04. The van der Waals surface area contributed by atoms with E-state index in [1.807, 2.05) is 12.2 Å². The van der Waals surface area contributed by atoms with E-state index in [1.54, 1.807) is 12.2 Å². The largest absolute Gasteiger partial charge is 0.493 e. The van der Waals surface area contributed by atoms with E-state index in [0.717, 1.165) is 11.3 Å². The first-order valence-electron chi connectivity index (χ1n) is 3.59. The number of rotatable bonds is 0. The van der Waals surface area contributed by atoms with E-state index in [2.05, 4.69) is 0 Å². The fourth-order valence-corrected chi connectivity index (χ4v) is 1.20. The van der Waals surface area contributed by atoms with E-state index in [4.69, 9.17) is 4.74 Å². The molecule has 0 aromatic heterocycles. The molecule has 2 aliphatic rings. The molecule has 1 heterocycles. The van der Waals surface area contributed by atoms with Gasteiger partial charge in [-0.3, -0.25) is 4.79 Å². The zero-order valence-corrected chi connectivity index (χ0v) is 6.04. The van der Waals surface area contributed by atoms with Crippen molar-refractivity contribution < 1.29 is 9.53 Å². The van der Waals surface area contributed by atoms with Gasteiger partial charge in [0.1, 0.15) is 12.4 Å². The molecule has 0 bridgehead atoms. The summed E-state index contributed by atoms with van der Waals surface area (Å²) in [5, 5.41) is 0. The molecule has 1 aliphatic heterocycles. The van der Waals surface area contributed by atoms with Crippen molar-refractivity contribution in [3.63, 3.8) is 0 Å². The summed E-state index contributed by atoms with van der Waals surface area (Å²) in [5.41, 5.74) is 1.04. The van der Waals surface area contributed by atoms with E-state index in [-0.39, 0.29) is 5.78 Å². The maximum Gasteiger partial charge on any atom is 0.163 e. The highest BCUT2D eigenvalue weighted by Crippen LogP contribution is 2.21. The number of hydrogen-bond acceptors (Lipinski definition) is 2. The average Bonchev–Trinajstić information content (AvgIpc) is 2.04. The summed E-state index contributed by atoms with van der Waals surface area (Å²) in [6, 6.07) is 0. The molecule has 2 rings (SSSR count). The van der Waals surface area contributed by atoms with Crippen molar-refractivity contribution >= 4 is 5.78 Å². The minimum Gasteiger partial charge on any atom is -0.493 e. The molecule has 56 valence electrons. The summed E-state index contributed by atoms with van der Waals surface area (Å²) in [5.74, 6) is 0.944. The standard InChI is InChI=1S/C9H8O2/c10-8-4-3-7-2-1-5-11-9(7)6-8/h1-4H,5-6H2. The van der Waals surface area contributed by atoms with Gasteiger partial charge < -0.3 is 4.74 Å². The van der Waals surface area contributed by atoms with Gasteiger partial charge >= 0.3 is 0 Å². The highest BCUT2D eigenvalue weighted by Gasteiger charge is 2.14. The van der Waals surface area contributed by atoms with Gasteiger partial charge in [-0.15, -0.1) is 0 Å². The number of hydrogen-bond donors (Lipinski definition) is 0. The van der Waals surface area contributed by atoms with Crippen LogP contribution in [0.1, 0.15) is 6.42 Å². The molecule has 2 heteroatoms. The predicted octanol–water partition coefficient (Wildman–Crippen LogP) is 1.36. The summed E-state index contributed by atoms with van der Waals surface area (Å²) < 4.78 is 5.27. The molecule has 0 aromatic carbocycles. The van der Waals surface area contributed by atoms with Crippen molar-refractivity contribution in [2.45, 2.75) is 6.42 Å². The molecule has 0 atom stereocenters. The first-order chi connectivity index (χ1) is 5.36. The number of carbonyl (C=O) groups is 1. The molecule has 0 aromatic rings. The lowest BCUT2D eigenvalue weighted by atomic mass is 10.0. The molecule has 11 heavy (non-hydrogen) atoms. The van der Waals surface area contributed by atoms with Gasteiger partial charge in [-0.05, 0) is 18.2 Å². The second kappa shape index (κ2) is 2.38. The van der Waals surface area contributed by atoms with Crippen molar-refractivity contribution in [2.75, 3.05) is 6.61 Å². The Hall–Kier alpha value is -1.31. The number of allylic oxidation sites excluding steroid dienone is 5. The van der Waals surface area contributed by atoms with Crippen molar-refractivity contribution in [3.05, 3.63) is 35.6 Å². The van der Waals surface area contributed by atoms with Crippen molar-refractivity contribution in [1.29, 1.82) is 0 Å². The fourth-order valence-electron chi connectivity index (χ4n) is 1.20. The topological polar surface area (TPSA) is 26.3 Å². The lowest BCUT2D eigenvalue weighted by Gasteiger charge is -2.16. The monoisotopic (exact) mass is 148 g/mol. The zero-order chi connectivity index (χ0) is 7.68. The molecule has 0 saturated heterocycles. The van der Waals surface area contributed by atoms with Crippen molar-refractivity contribution in [3.8, 4) is 0 Å². The summed E-state index contributed by atoms with van der Waals surface area (Å²) in [6.07, 6.45) is 7.76. The molecule has 0 amide bonds. The van der Waals surface area contributed by atoms with E-state index in [1.165, 1.54) is 0 Å². The minimum absolute atomic E-state index is 0.124. The third-order valence-electron chi connectivity index (χ3n) is 1.76. The summed E-state index contributed by atoms with van der Waals surface area (Å²) in [7, 11) is 0. The second-order valence-electron chi connectivity index (χ2n) is 2.57. The number of carbonyl (C=O) groups excluding carboxylic acids is 1. The van der Waals surface area contributed by atoms with Crippen LogP contribution in [0.4, 0.5) is 0 Å². The Labute approximate surface area is 64.9 Å². The average molecular weight is 148 g/mol. The summed E-state index contributed by atoms with van der Waals surface area (Å²) in [4.78, 5) is 10.9. The van der Waals surface area contributed by atoms with Crippen LogP contribution in [0.5, 0.6) is 0 Å². The molecule has 0 radical (unpaired) electrons. The van der Waals surface area contributed by atoms with Gasteiger partial charge in [0.15, 0.2) is 5.78 Å². The number of ether oxygens (including phenoxy) is 1. The van der Waals surface area contributed by atoms with Crippen LogP contribution in [-0.2, 0) is 9.53 Å². The van der Waals surface area contributed by atoms with Crippen LogP contribution < -0.4 is 0 Å². The predicted molar refractivity (Wildman–Crippen MR) is 40.9 cm³/mol. The minimum atomic E-state index is 0.124. The molecule has 2 nitrogen and oxygen atoms in total. The Balaban J connectivity index is 2.34. The SMILES string of the molecule is O=C1C=CC2=C(C1)OCC=C2. The smallest absolute Gasteiger partial charge is 0.163 e. The first kappa shape index (κ1) is 6.40. The van der Waals surface area contributed by atoms with Crippen LogP contribution in [-0.4, -0.2) is 12.4 Å². The van der Waals surface area contributed by atoms with Crippen LogP contribution in [0.25, 0.3) is 0 Å². The third kappa shape index (κ3) is 1.11. The Kier molecular flexibility index (Phi) is 1.39. The lowest BCUT2D eigenvalue weighted by Crippen LogP contribution is -2.09. The molecular formula is C9H8O2. The van der Waals surface area contributed by atoms with Crippen molar-refractivity contribution in [1.82, 2.24) is 0 Å². The third-order valence-corrected chi connectivity index (χ3v) is 1.76. The van der Waals surface area contributed by atoms with E-state index < -0.39 is 0 Å². The quantitative estimate of drug-likeness (QED) is 0.518. The Morgan fingerprint density at radius 3 is 3.09 bits per heavy atom.